The average molecular weight is 289 g/mol. The van der Waals surface area contributed by atoms with Crippen molar-refractivity contribution in [2.45, 2.75) is 12.5 Å². The number of hydrogen-bond donors (Lipinski definition) is 0. The Balaban J connectivity index is 1.78. The van der Waals surface area contributed by atoms with E-state index >= 15 is 0 Å². The Labute approximate surface area is 121 Å². The molecule has 3 rings (SSSR count). The molecule has 0 fully saturated rings. The molecule has 0 N–H and O–H groups in total. The minimum Gasteiger partial charge on any atom is -0.489 e. The van der Waals surface area contributed by atoms with Crippen molar-refractivity contribution in [3.05, 3.63) is 65.0 Å². The van der Waals surface area contributed by atoms with Gasteiger partial charge in [0.15, 0.2) is 0 Å². The predicted molar refractivity (Wildman–Crippen MR) is 82.2 cm³/mol. The van der Waals surface area contributed by atoms with Gasteiger partial charge in [-0.05, 0) is 34.5 Å². The highest BCUT2D eigenvalue weighted by atomic mass is 35.5. The number of rotatable bonds is 4. The monoisotopic (exact) mass is 288 g/mol. The SMILES string of the molecule is ClCc1cccc(OCc2csc3ccccc23)c1. The second-order valence-corrected chi connectivity index (χ2v) is 5.51. The molecule has 2 aromatic carbocycles. The molecule has 1 nitrogen and oxygen atoms in total. The highest BCUT2D eigenvalue weighted by molar-refractivity contribution is 7.17. The Morgan fingerprint density at radius 3 is 2.84 bits per heavy atom. The van der Waals surface area contributed by atoms with Crippen molar-refractivity contribution in [1.29, 1.82) is 0 Å². The van der Waals surface area contributed by atoms with E-state index in [1.807, 2.05) is 24.3 Å². The summed E-state index contributed by atoms with van der Waals surface area (Å²) in [6, 6.07) is 16.3. The largest absolute Gasteiger partial charge is 0.489 e. The molecule has 0 atom stereocenters. The molecule has 0 aliphatic heterocycles. The summed E-state index contributed by atoms with van der Waals surface area (Å²) >= 11 is 7.58. The quantitative estimate of drug-likeness (QED) is 0.598. The fourth-order valence-electron chi connectivity index (χ4n) is 2.02. The molecule has 0 saturated heterocycles. The molecule has 0 spiro atoms. The second-order valence-electron chi connectivity index (χ2n) is 4.33. The fourth-order valence-corrected chi connectivity index (χ4v) is 3.14. The summed E-state index contributed by atoms with van der Waals surface area (Å²) in [7, 11) is 0. The van der Waals surface area contributed by atoms with E-state index < -0.39 is 0 Å². The van der Waals surface area contributed by atoms with Crippen LogP contribution in [0.5, 0.6) is 5.75 Å². The van der Waals surface area contributed by atoms with Crippen LogP contribution in [0.2, 0.25) is 0 Å². The summed E-state index contributed by atoms with van der Waals surface area (Å²) < 4.78 is 7.15. The number of halogens is 1. The van der Waals surface area contributed by atoms with Crippen molar-refractivity contribution >= 4 is 33.0 Å². The summed E-state index contributed by atoms with van der Waals surface area (Å²) in [5.41, 5.74) is 2.31. The van der Waals surface area contributed by atoms with Crippen molar-refractivity contribution in [1.82, 2.24) is 0 Å². The van der Waals surface area contributed by atoms with Crippen LogP contribution in [0.3, 0.4) is 0 Å². The van der Waals surface area contributed by atoms with Gasteiger partial charge in [-0.25, -0.2) is 0 Å². The highest BCUT2D eigenvalue weighted by Crippen LogP contribution is 2.27. The number of hydrogen-bond acceptors (Lipinski definition) is 2. The first-order valence-electron chi connectivity index (χ1n) is 6.09. The maximum absolute atomic E-state index is 5.85. The normalized spacial score (nSPS) is 10.8. The molecule has 0 radical (unpaired) electrons. The third-order valence-electron chi connectivity index (χ3n) is 3.01. The van der Waals surface area contributed by atoms with Gasteiger partial charge in [-0.1, -0.05) is 30.3 Å². The Morgan fingerprint density at radius 1 is 1.05 bits per heavy atom. The number of benzene rings is 2. The van der Waals surface area contributed by atoms with Crippen molar-refractivity contribution in [3.63, 3.8) is 0 Å². The Kier molecular flexibility index (Phi) is 3.72. The van der Waals surface area contributed by atoms with E-state index in [1.54, 1.807) is 11.3 Å². The number of thiophene rings is 1. The highest BCUT2D eigenvalue weighted by Gasteiger charge is 2.04. The summed E-state index contributed by atoms with van der Waals surface area (Å²) in [4.78, 5) is 0. The third-order valence-corrected chi connectivity index (χ3v) is 4.33. The second kappa shape index (κ2) is 5.64. The standard InChI is InChI=1S/C16H13ClOS/c17-9-12-4-3-5-14(8-12)18-10-13-11-19-16-7-2-1-6-15(13)16/h1-8,11H,9-10H2. The van der Waals surface area contributed by atoms with E-state index in [4.69, 9.17) is 16.3 Å². The Bertz CT molecular complexity index is 690. The summed E-state index contributed by atoms with van der Waals surface area (Å²) in [5.74, 6) is 1.38. The van der Waals surface area contributed by atoms with Gasteiger partial charge >= 0.3 is 0 Å². The fraction of sp³-hybridized carbons (Fsp3) is 0.125. The van der Waals surface area contributed by atoms with E-state index in [-0.39, 0.29) is 0 Å². The van der Waals surface area contributed by atoms with Gasteiger partial charge in [-0.15, -0.1) is 22.9 Å². The molecule has 0 unspecified atom stereocenters. The zero-order chi connectivity index (χ0) is 13.1. The molecule has 3 aromatic rings. The molecule has 0 bridgehead atoms. The molecule has 0 saturated carbocycles. The van der Waals surface area contributed by atoms with Crippen LogP contribution < -0.4 is 4.74 Å². The Hall–Kier alpha value is -1.51. The van der Waals surface area contributed by atoms with Crippen LogP contribution in [-0.2, 0) is 12.5 Å². The maximum Gasteiger partial charge on any atom is 0.120 e. The van der Waals surface area contributed by atoms with Gasteiger partial charge < -0.3 is 4.74 Å². The molecule has 1 heterocycles. The van der Waals surface area contributed by atoms with E-state index in [0.29, 0.717) is 12.5 Å². The average Bonchev–Trinajstić information content (AvgIpc) is 2.89. The molecule has 3 heteroatoms. The zero-order valence-electron chi connectivity index (χ0n) is 10.3. The number of ether oxygens (including phenoxy) is 1. The van der Waals surface area contributed by atoms with Crippen LogP contribution in [0.1, 0.15) is 11.1 Å². The molecular weight excluding hydrogens is 276 g/mol. The van der Waals surface area contributed by atoms with Crippen LogP contribution in [0.15, 0.2) is 53.9 Å². The molecule has 0 aliphatic rings. The molecule has 96 valence electrons. The van der Waals surface area contributed by atoms with E-state index in [1.165, 1.54) is 15.6 Å². The van der Waals surface area contributed by atoms with Crippen molar-refractivity contribution in [3.8, 4) is 5.75 Å². The minimum atomic E-state index is 0.512. The van der Waals surface area contributed by atoms with Gasteiger partial charge in [0.1, 0.15) is 12.4 Å². The van der Waals surface area contributed by atoms with Crippen LogP contribution in [0.4, 0.5) is 0 Å². The van der Waals surface area contributed by atoms with Crippen molar-refractivity contribution in [2.75, 3.05) is 0 Å². The molecule has 0 aliphatic carbocycles. The molecule has 1 aromatic heterocycles. The predicted octanol–water partition coefficient (Wildman–Crippen LogP) is 5.22. The zero-order valence-corrected chi connectivity index (χ0v) is 11.9. The van der Waals surface area contributed by atoms with Gasteiger partial charge in [-0.3, -0.25) is 0 Å². The summed E-state index contributed by atoms with van der Waals surface area (Å²) in [6.07, 6.45) is 0. The van der Waals surface area contributed by atoms with Gasteiger partial charge in [0.25, 0.3) is 0 Å². The first kappa shape index (κ1) is 12.5. The van der Waals surface area contributed by atoms with Crippen LogP contribution in [0, 0.1) is 0 Å². The van der Waals surface area contributed by atoms with Crippen LogP contribution in [-0.4, -0.2) is 0 Å². The smallest absolute Gasteiger partial charge is 0.120 e. The van der Waals surface area contributed by atoms with E-state index in [9.17, 15) is 0 Å². The molecule has 0 amide bonds. The first-order valence-corrected chi connectivity index (χ1v) is 7.51. The van der Waals surface area contributed by atoms with Crippen LogP contribution in [0.25, 0.3) is 10.1 Å². The number of fused-ring (bicyclic) bond motifs is 1. The summed E-state index contributed by atoms with van der Waals surface area (Å²) in [6.45, 7) is 0.593. The lowest BCUT2D eigenvalue weighted by Crippen LogP contribution is -1.94. The van der Waals surface area contributed by atoms with Crippen molar-refractivity contribution in [2.24, 2.45) is 0 Å². The maximum atomic E-state index is 5.85. The minimum absolute atomic E-state index is 0.512. The van der Waals surface area contributed by atoms with E-state index in [0.717, 1.165) is 11.3 Å². The molecular formula is C16H13ClOS. The van der Waals surface area contributed by atoms with Gasteiger partial charge in [0.2, 0.25) is 0 Å². The topological polar surface area (TPSA) is 9.23 Å². The third kappa shape index (κ3) is 2.75. The van der Waals surface area contributed by atoms with Gasteiger partial charge in [-0.2, -0.15) is 0 Å². The first-order chi connectivity index (χ1) is 9.36. The van der Waals surface area contributed by atoms with Gasteiger partial charge in [0, 0.05) is 16.1 Å². The van der Waals surface area contributed by atoms with Crippen molar-refractivity contribution < 1.29 is 4.74 Å². The molecule has 19 heavy (non-hydrogen) atoms. The number of alkyl halides is 1. The lowest BCUT2D eigenvalue weighted by Gasteiger charge is -2.06. The van der Waals surface area contributed by atoms with Gasteiger partial charge in [0.05, 0.1) is 0 Å². The lowest BCUT2D eigenvalue weighted by atomic mass is 10.2. The lowest BCUT2D eigenvalue weighted by molar-refractivity contribution is 0.308. The van der Waals surface area contributed by atoms with Crippen LogP contribution >= 0.6 is 22.9 Å². The van der Waals surface area contributed by atoms with E-state index in [2.05, 4.69) is 29.6 Å². The Morgan fingerprint density at radius 2 is 1.95 bits per heavy atom. The summed E-state index contributed by atoms with van der Waals surface area (Å²) in [5, 5.41) is 3.44.